The van der Waals surface area contributed by atoms with Crippen molar-refractivity contribution in [1.29, 1.82) is 0 Å². The maximum absolute atomic E-state index is 4.33. The van der Waals surface area contributed by atoms with E-state index in [1.807, 2.05) is 12.3 Å². The summed E-state index contributed by atoms with van der Waals surface area (Å²) < 4.78 is 0. The molecule has 0 aliphatic carbocycles. The number of fused-ring (bicyclic) bond motifs is 1. The molecule has 0 bridgehead atoms. The molecular formula is C11H7NS2. The van der Waals surface area contributed by atoms with E-state index in [1.54, 1.807) is 22.7 Å². The summed E-state index contributed by atoms with van der Waals surface area (Å²) in [5, 5.41) is 5.55. The molecule has 0 fully saturated rings. The molecule has 14 heavy (non-hydrogen) atoms. The van der Waals surface area contributed by atoms with Gasteiger partial charge in [-0.2, -0.15) is 0 Å². The first-order valence-corrected chi connectivity index (χ1v) is 6.07. The van der Waals surface area contributed by atoms with Crippen LogP contribution in [-0.2, 0) is 0 Å². The molecule has 0 spiro atoms. The first-order valence-electron chi connectivity index (χ1n) is 4.31. The van der Waals surface area contributed by atoms with Crippen molar-refractivity contribution < 1.29 is 0 Å². The minimum atomic E-state index is 1.12. The molecule has 0 aliphatic rings. The van der Waals surface area contributed by atoms with Crippen molar-refractivity contribution in [2.24, 2.45) is 0 Å². The van der Waals surface area contributed by atoms with Crippen molar-refractivity contribution in [3.05, 3.63) is 41.2 Å². The standard InChI is InChI=1S/C11H7NS2/c1-3-8-9(10-4-2-6-13-10)7-14-11(8)12-5-1/h1-7H. The molecule has 3 heteroatoms. The van der Waals surface area contributed by atoms with E-state index in [2.05, 4.69) is 33.9 Å². The fourth-order valence-electron chi connectivity index (χ4n) is 1.49. The predicted octanol–water partition coefficient (Wildman–Crippen LogP) is 4.02. The fourth-order valence-corrected chi connectivity index (χ4v) is 3.23. The average Bonchev–Trinajstić information content (AvgIpc) is 2.85. The molecule has 68 valence electrons. The summed E-state index contributed by atoms with van der Waals surface area (Å²) in [6.45, 7) is 0. The van der Waals surface area contributed by atoms with Crippen molar-refractivity contribution in [3.8, 4) is 10.4 Å². The van der Waals surface area contributed by atoms with Crippen LogP contribution in [0.15, 0.2) is 41.2 Å². The Bertz CT molecular complexity index is 551. The third-order valence-electron chi connectivity index (χ3n) is 2.14. The number of pyridine rings is 1. The quantitative estimate of drug-likeness (QED) is 0.600. The lowest BCUT2D eigenvalue weighted by Crippen LogP contribution is -1.70. The average molecular weight is 217 g/mol. The highest BCUT2D eigenvalue weighted by molar-refractivity contribution is 7.18. The molecule has 0 aromatic carbocycles. The Labute approximate surface area is 89.7 Å². The van der Waals surface area contributed by atoms with E-state index in [-0.39, 0.29) is 0 Å². The van der Waals surface area contributed by atoms with Gasteiger partial charge >= 0.3 is 0 Å². The molecule has 0 saturated carbocycles. The molecule has 0 amide bonds. The number of hydrogen-bond acceptors (Lipinski definition) is 3. The SMILES string of the molecule is c1csc(-c2csc3ncccc23)c1. The van der Waals surface area contributed by atoms with Crippen molar-refractivity contribution in [1.82, 2.24) is 4.98 Å². The van der Waals surface area contributed by atoms with Crippen LogP contribution in [0.5, 0.6) is 0 Å². The Morgan fingerprint density at radius 3 is 2.93 bits per heavy atom. The van der Waals surface area contributed by atoms with Crippen LogP contribution in [0.2, 0.25) is 0 Å². The molecular weight excluding hydrogens is 210 g/mol. The Kier molecular flexibility index (Phi) is 1.85. The second-order valence-corrected chi connectivity index (χ2v) is 4.79. The zero-order valence-electron chi connectivity index (χ0n) is 7.31. The van der Waals surface area contributed by atoms with Gasteiger partial charge in [0, 0.05) is 27.4 Å². The first kappa shape index (κ1) is 8.15. The van der Waals surface area contributed by atoms with Crippen LogP contribution in [-0.4, -0.2) is 4.98 Å². The number of aromatic nitrogens is 1. The van der Waals surface area contributed by atoms with E-state index < -0.39 is 0 Å². The van der Waals surface area contributed by atoms with Gasteiger partial charge in [-0.25, -0.2) is 4.98 Å². The van der Waals surface area contributed by atoms with E-state index in [1.165, 1.54) is 15.8 Å². The Hall–Kier alpha value is -1.19. The van der Waals surface area contributed by atoms with Gasteiger partial charge in [-0.1, -0.05) is 6.07 Å². The van der Waals surface area contributed by atoms with E-state index in [9.17, 15) is 0 Å². The summed E-state index contributed by atoms with van der Waals surface area (Å²) >= 11 is 3.48. The van der Waals surface area contributed by atoms with Gasteiger partial charge in [-0.15, -0.1) is 22.7 Å². The zero-order valence-corrected chi connectivity index (χ0v) is 8.94. The topological polar surface area (TPSA) is 12.9 Å². The summed E-state index contributed by atoms with van der Waals surface area (Å²) in [7, 11) is 0. The molecule has 3 heterocycles. The van der Waals surface area contributed by atoms with Crippen LogP contribution in [0, 0.1) is 0 Å². The Morgan fingerprint density at radius 1 is 1.07 bits per heavy atom. The lowest BCUT2D eigenvalue weighted by atomic mass is 10.2. The zero-order chi connectivity index (χ0) is 9.38. The molecule has 0 saturated heterocycles. The Morgan fingerprint density at radius 2 is 2.07 bits per heavy atom. The van der Waals surface area contributed by atoms with Crippen LogP contribution in [0.25, 0.3) is 20.7 Å². The molecule has 0 N–H and O–H groups in total. The van der Waals surface area contributed by atoms with Gasteiger partial charge in [0.2, 0.25) is 0 Å². The highest BCUT2D eigenvalue weighted by Crippen LogP contribution is 2.34. The normalized spacial score (nSPS) is 10.9. The van der Waals surface area contributed by atoms with Gasteiger partial charge in [0.1, 0.15) is 4.83 Å². The molecule has 0 aliphatic heterocycles. The third kappa shape index (κ3) is 1.17. The number of rotatable bonds is 1. The number of nitrogens with zero attached hydrogens (tertiary/aromatic N) is 1. The van der Waals surface area contributed by atoms with Gasteiger partial charge in [0.25, 0.3) is 0 Å². The molecule has 0 atom stereocenters. The summed E-state index contributed by atoms with van der Waals surface area (Å²) in [5.74, 6) is 0. The van der Waals surface area contributed by atoms with Crippen LogP contribution in [0.1, 0.15) is 0 Å². The molecule has 3 aromatic rings. The summed E-state index contributed by atoms with van der Waals surface area (Å²) in [5.41, 5.74) is 1.31. The maximum Gasteiger partial charge on any atom is 0.123 e. The van der Waals surface area contributed by atoms with Crippen molar-refractivity contribution in [2.75, 3.05) is 0 Å². The number of thiophene rings is 2. The van der Waals surface area contributed by atoms with E-state index in [4.69, 9.17) is 0 Å². The first-order chi connectivity index (χ1) is 6.95. The van der Waals surface area contributed by atoms with Gasteiger partial charge in [-0.3, -0.25) is 0 Å². The maximum atomic E-state index is 4.33. The van der Waals surface area contributed by atoms with Crippen LogP contribution >= 0.6 is 22.7 Å². The van der Waals surface area contributed by atoms with E-state index in [0.29, 0.717) is 0 Å². The van der Waals surface area contributed by atoms with E-state index >= 15 is 0 Å². The largest absolute Gasteiger partial charge is 0.245 e. The van der Waals surface area contributed by atoms with Gasteiger partial charge < -0.3 is 0 Å². The second kappa shape index (κ2) is 3.19. The minimum Gasteiger partial charge on any atom is -0.245 e. The molecule has 3 aromatic heterocycles. The lowest BCUT2D eigenvalue weighted by molar-refractivity contribution is 1.45. The van der Waals surface area contributed by atoms with Crippen molar-refractivity contribution >= 4 is 32.9 Å². The number of hydrogen-bond donors (Lipinski definition) is 0. The fraction of sp³-hybridized carbons (Fsp3) is 0. The molecule has 3 rings (SSSR count). The lowest BCUT2D eigenvalue weighted by Gasteiger charge is -1.92. The predicted molar refractivity (Wildman–Crippen MR) is 62.9 cm³/mol. The highest BCUT2D eigenvalue weighted by Gasteiger charge is 2.06. The molecule has 0 unspecified atom stereocenters. The van der Waals surface area contributed by atoms with Gasteiger partial charge in [0.05, 0.1) is 0 Å². The second-order valence-electron chi connectivity index (χ2n) is 2.98. The van der Waals surface area contributed by atoms with E-state index in [0.717, 1.165) is 4.83 Å². The molecule has 1 nitrogen and oxygen atoms in total. The Balaban J connectivity index is 2.33. The minimum absolute atomic E-state index is 1.12. The van der Waals surface area contributed by atoms with Gasteiger partial charge in [0.15, 0.2) is 0 Å². The third-order valence-corrected chi connectivity index (χ3v) is 3.94. The molecule has 0 radical (unpaired) electrons. The van der Waals surface area contributed by atoms with Gasteiger partial charge in [-0.05, 0) is 23.6 Å². The van der Waals surface area contributed by atoms with Crippen LogP contribution in [0.4, 0.5) is 0 Å². The summed E-state index contributed by atoms with van der Waals surface area (Å²) in [6.07, 6.45) is 1.84. The summed E-state index contributed by atoms with van der Waals surface area (Å²) in [6, 6.07) is 8.36. The van der Waals surface area contributed by atoms with Crippen LogP contribution in [0.3, 0.4) is 0 Å². The van der Waals surface area contributed by atoms with Crippen LogP contribution < -0.4 is 0 Å². The van der Waals surface area contributed by atoms with Crippen molar-refractivity contribution in [3.63, 3.8) is 0 Å². The highest BCUT2D eigenvalue weighted by atomic mass is 32.1. The van der Waals surface area contributed by atoms with Crippen molar-refractivity contribution in [2.45, 2.75) is 0 Å². The smallest absolute Gasteiger partial charge is 0.123 e. The summed E-state index contributed by atoms with van der Waals surface area (Å²) in [4.78, 5) is 6.78. The monoisotopic (exact) mass is 217 g/mol.